The van der Waals surface area contributed by atoms with Crippen molar-refractivity contribution in [3.8, 4) is 0 Å². The van der Waals surface area contributed by atoms with Crippen molar-refractivity contribution in [3.63, 3.8) is 0 Å². The van der Waals surface area contributed by atoms with Crippen molar-refractivity contribution in [3.05, 3.63) is 0 Å². The number of hydrogen-bond donors (Lipinski definition) is 1. The van der Waals surface area contributed by atoms with Crippen LogP contribution < -0.4 is 0 Å². The highest BCUT2D eigenvalue weighted by molar-refractivity contribution is 5.65. The van der Waals surface area contributed by atoms with Crippen molar-refractivity contribution < 1.29 is 9.90 Å². The van der Waals surface area contributed by atoms with Gasteiger partial charge in [0.15, 0.2) is 0 Å². The van der Waals surface area contributed by atoms with E-state index in [-0.39, 0.29) is 12.1 Å². The van der Waals surface area contributed by atoms with E-state index in [1.807, 2.05) is 41.5 Å². The molecule has 3 heteroatoms. The van der Waals surface area contributed by atoms with E-state index in [1.165, 1.54) is 0 Å². The highest BCUT2D eigenvalue weighted by atomic mass is 16.4. The van der Waals surface area contributed by atoms with E-state index in [0.717, 1.165) is 0 Å². The summed E-state index contributed by atoms with van der Waals surface area (Å²) in [6.45, 7) is 12.1. The summed E-state index contributed by atoms with van der Waals surface area (Å²) >= 11 is 0. The van der Waals surface area contributed by atoms with E-state index in [1.54, 1.807) is 4.90 Å². The molecule has 0 saturated carbocycles. The molecule has 2 atom stereocenters. The molecule has 14 heavy (non-hydrogen) atoms. The van der Waals surface area contributed by atoms with Crippen molar-refractivity contribution >= 4 is 6.09 Å². The Morgan fingerprint density at radius 3 is 1.36 bits per heavy atom. The molecule has 0 bridgehead atoms. The average molecular weight is 201 g/mol. The van der Waals surface area contributed by atoms with Gasteiger partial charge in [0.05, 0.1) is 0 Å². The number of nitrogens with zero attached hydrogens (tertiary/aromatic N) is 1. The minimum Gasteiger partial charge on any atom is -0.465 e. The molecule has 0 aromatic carbocycles. The Hall–Kier alpha value is -0.730. The van der Waals surface area contributed by atoms with Crippen molar-refractivity contribution in [2.45, 2.75) is 53.6 Å². The van der Waals surface area contributed by atoms with Crippen molar-refractivity contribution in [2.24, 2.45) is 11.8 Å². The van der Waals surface area contributed by atoms with Crippen LogP contribution in [0.25, 0.3) is 0 Å². The smallest absolute Gasteiger partial charge is 0.407 e. The first kappa shape index (κ1) is 13.3. The van der Waals surface area contributed by atoms with Crippen molar-refractivity contribution in [2.75, 3.05) is 0 Å². The summed E-state index contributed by atoms with van der Waals surface area (Å²) in [5, 5.41) is 9.14. The minimum absolute atomic E-state index is 0.0740. The zero-order chi connectivity index (χ0) is 11.5. The van der Waals surface area contributed by atoms with Gasteiger partial charge < -0.3 is 10.0 Å². The van der Waals surface area contributed by atoms with Gasteiger partial charge in [-0.25, -0.2) is 4.79 Å². The maximum Gasteiger partial charge on any atom is 0.407 e. The summed E-state index contributed by atoms with van der Waals surface area (Å²) in [6, 6.07) is 0.148. The van der Waals surface area contributed by atoms with Crippen LogP contribution in [0.3, 0.4) is 0 Å². The van der Waals surface area contributed by atoms with E-state index < -0.39 is 6.09 Å². The molecule has 0 aromatic heterocycles. The topological polar surface area (TPSA) is 40.5 Å². The molecule has 0 radical (unpaired) electrons. The van der Waals surface area contributed by atoms with E-state index >= 15 is 0 Å². The van der Waals surface area contributed by atoms with Gasteiger partial charge in [-0.05, 0) is 25.7 Å². The second kappa shape index (κ2) is 5.23. The molecule has 0 spiro atoms. The van der Waals surface area contributed by atoms with Crippen LogP contribution in [0.1, 0.15) is 41.5 Å². The van der Waals surface area contributed by atoms with E-state index in [2.05, 4.69) is 0 Å². The standard InChI is InChI=1S/C11H23NO2/c1-7(2)9(5)12(11(13)14)10(6)8(3)4/h7-10H,1-6H3,(H,13,14). The Labute approximate surface area is 87.1 Å². The SMILES string of the molecule is CC(C)C(C)N(C(=O)O)C(C)C(C)C. The van der Waals surface area contributed by atoms with E-state index in [0.29, 0.717) is 11.8 Å². The molecule has 1 N–H and O–H groups in total. The van der Waals surface area contributed by atoms with Gasteiger partial charge in [0.2, 0.25) is 0 Å². The van der Waals surface area contributed by atoms with Crippen LogP contribution in [0.2, 0.25) is 0 Å². The molecule has 0 aliphatic rings. The van der Waals surface area contributed by atoms with E-state index in [9.17, 15) is 4.79 Å². The van der Waals surface area contributed by atoms with Gasteiger partial charge in [0, 0.05) is 12.1 Å². The Bertz CT molecular complexity index is 176. The number of amides is 1. The molecular formula is C11H23NO2. The summed E-state index contributed by atoms with van der Waals surface area (Å²) in [6.07, 6.45) is -0.813. The van der Waals surface area contributed by atoms with Crippen LogP contribution in [0.15, 0.2) is 0 Å². The largest absolute Gasteiger partial charge is 0.465 e. The molecule has 3 nitrogen and oxygen atoms in total. The molecule has 0 heterocycles. The molecule has 0 rings (SSSR count). The fourth-order valence-electron chi connectivity index (χ4n) is 1.36. The first-order valence-corrected chi connectivity index (χ1v) is 5.30. The third-order valence-corrected chi connectivity index (χ3v) is 3.03. The highest BCUT2D eigenvalue weighted by Crippen LogP contribution is 2.18. The Morgan fingerprint density at radius 2 is 1.21 bits per heavy atom. The fraction of sp³-hybridized carbons (Fsp3) is 0.909. The van der Waals surface area contributed by atoms with Crippen molar-refractivity contribution in [1.29, 1.82) is 0 Å². The lowest BCUT2D eigenvalue weighted by Crippen LogP contribution is -2.48. The van der Waals surface area contributed by atoms with Crippen LogP contribution >= 0.6 is 0 Å². The quantitative estimate of drug-likeness (QED) is 0.759. The molecule has 2 unspecified atom stereocenters. The molecule has 0 saturated heterocycles. The normalized spacial score (nSPS) is 15.7. The van der Waals surface area contributed by atoms with Gasteiger partial charge in [-0.2, -0.15) is 0 Å². The maximum absolute atomic E-state index is 11.1. The Morgan fingerprint density at radius 1 is 0.929 bits per heavy atom. The van der Waals surface area contributed by atoms with Gasteiger partial charge in [0.1, 0.15) is 0 Å². The summed E-state index contributed by atoms with van der Waals surface area (Å²) in [7, 11) is 0. The Balaban J connectivity index is 4.68. The predicted molar refractivity (Wildman–Crippen MR) is 58.5 cm³/mol. The monoisotopic (exact) mass is 201 g/mol. The number of hydrogen-bond acceptors (Lipinski definition) is 1. The van der Waals surface area contributed by atoms with Gasteiger partial charge >= 0.3 is 6.09 Å². The molecule has 1 amide bonds. The van der Waals surface area contributed by atoms with Crippen LogP contribution in [-0.4, -0.2) is 28.2 Å². The third kappa shape index (κ3) is 3.20. The molecule has 84 valence electrons. The zero-order valence-corrected chi connectivity index (χ0v) is 10.1. The third-order valence-electron chi connectivity index (χ3n) is 3.03. The average Bonchev–Trinajstić information content (AvgIpc) is 2.03. The minimum atomic E-state index is -0.813. The summed E-state index contributed by atoms with van der Waals surface area (Å²) in [5.41, 5.74) is 0. The lowest BCUT2D eigenvalue weighted by molar-refractivity contribution is 0.0785. The summed E-state index contributed by atoms with van der Waals surface area (Å²) in [5.74, 6) is 0.708. The van der Waals surface area contributed by atoms with Crippen LogP contribution in [0.5, 0.6) is 0 Å². The number of rotatable bonds is 4. The molecule has 0 fully saturated rings. The summed E-state index contributed by atoms with van der Waals surface area (Å²) in [4.78, 5) is 12.7. The van der Waals surface area contributed by atoms with Gasteiger partial charge in [-0.15, -0.1) is 0 Å². The van der Waals surface area contributed by atoms with Crippen LogP contribution in [0.4, 0.5) is 4.79 Å². The number of carbonyl (C=O) groups is 1. The second-order valence-electron chi connectivity index (χ2n) is 4.66. The zero-order valence-electron chi connectivity index (χ0n) is 10.1. The summed E-state index contributed by atoms with van der Waals surface area (Å²) < 4.78 is 0. The molecule has 0 aliphatic carbocycles. The molecule has 0 aromatic rings. The van der Waals surface area contributed by atoms with Crippen molar-refractivity contribution in [1.82, 2.24) is 4.90 Å². The van der Waals surface area contributed by atoms with Crippen LogP contribution in [-0.2, 0) is 0 Å². The maximum atomic E-state index is 11.1. The number of carboxylic acid groups (broad SMARTS) is 1. The van der Waals surface area contributed by atoms with Gasteiger partial charge in [0.25, 0.3) is 0 Å². The second-order valence-corrected chi connectivity index (χ2v) is 4.66. The first-order valence-electron chi connectivity index (χ1n) is 5.30. The van der Waals surface area contributed by atoms with Gasteiger partial charge in [-0.1, -0.05) is 27.7 Å². The molecular weight excluding hydrogens is 178 g/mol. The fourth-order valence-corrected chi connectivity index (χ4v) is 1.36. The Kier molecular flexibility index (Phi) is 4.95. The lowest BCUT2D eigenvalue weighted by Gasteiger charge is -2.36. The first-order chi connectivity index (χ1) is 6.29. The predicted octanol–water partition coefficient (Wildman–Crippen LogP) is 3.06. The van der Waals surface area contributed by atoms with Gasteiger partial charge in [-0.3, -0.25) is 0 Å². The molecule has 0 aliphatic heterocycles. The van der Waals surface area contributed by atoms with Crippen LogP contribution in [0, 0.1) is 11.8 Å². The highest BCUT2D eigenvalue weighted by Gasteiger charge is 2.28. The lowest BCUT2D eigenvalue weighted by atomic mass is 9.98. The van der Waals surface area contributed by atoms with E-state index in [4.69, 9.17) is 5.11 Å².